The van der Waals surface area contributed by atoms with Gasteiger partial charge in [0.1, 0.15) is 6.42 Å². The average molecular weight is 276 g/mol. The van der Waals surface area contributed by atoms with Crippen molar-refractivity contribution in [3.05, 3.63) is 23.8 Å². The average Bonchev–Trinajstić information content (AvgIpc) is 2.51. The summed E-state index contributed by atoms with van der Waals surface area (Å²) in [7, 11) is 0. The van der Waals surface area contributed by atoms with E-state index >= 15 is 0 Å². The smallest absolute Gasteiger partial charge is 0.233 e. The second-order valence-corrected chi connectivity index (χ2v) is 4.69. The van der Waals surface area contributed by atoms with Gasteiger partial charge in [-0.05, 0) is 24.1 Å². The maximum Gasteiger partial charge on any atom is 0.233 e. The Labute approximate surface area is 115 Å². The van der Waals surface area contributed by atoms with E-state index in [9.17, 15) is 14.4 Å². The molecular formula is C13H16N4O3. The van der Waals surface area contributed by atoms with Crippen molar-refractivity contribution >= 4 is 29.1 Å². The number of hydrogen-bond acceptors (Lipinski definition) is 4. The Bertz CT molecular complexity index is 571. The quantitative estimate of drug-likeness (QED) is 0.587. The predicted octanol–water partition coefficient (Wildman–Crippen LogP) is 0.233. The standard InChI is InChI=1S/C13H16N4O3/c14-8(2-4-11(15)18)7-1-3-9-10(5-7)17-13(20)6-12(19)16-9/h1,3,5,8H,2,4,6,14H2,(H2,15,18)(H,16,19)(H,17,20). The molecule has 1 aliphatic rings. The third-order valence-corrected chi connectivity index (χ3v) is 3.04. The van der Waals surface area contributed by atoms with Gasteiger partial charge in [0, 0.05) is 12.5 Å². The molecule has 2 rings (SSSR count). The van der Waals surface area contributed by atoms with E-state index in [2.05, 4.69) is 10.6 Å². The SMILES string of the molecule is NC(=O)CCC(N)c1ccc2c(c1)NC(=O)CC(=O)N2. The fourth-order valence-corrected chi connectivity index (χ4v) is 2.00. The van der Waals surface area contributed by atoms with E-state index < -0.39 is 5.91 Å². The zero-order chi connectivity index (χ0) is 14.7. The Morgan fingerprint density at radius 1 is 1.20 bits per heavy atom. The Morgan fingerprint density at radius 3 is 2.50 bits per heavy atom. The Morgan fingerprint density at radius 2 is 1.85 bits per heavy atom. The first-order chi connectivity index (χ1) is 9.45. The molecule has 0 aromatic heterocycles. The summed E-state index contributed by atoms with van der Waals surface area (Å²) in [4.78, 5) is 33.6. The minimum Gasteiger partial charge on any atom is -0.370 e. The number of primary amides is 1. The van der Waals surface area contributed by atoms with Gasteiger partial charge in [0.25, 0.3) is 0 Å². The van der Waals surface area contributed by atoms with E-state index in [-0.39, 0.29) is 30.7 Å². The van der Waals surface area contributed by atoms with Crippen LogP contribution in [0.25, 0.3) is 0 Å². The van der Waals surface area contributed by atoms with Crippen LogP contribution in [0.1, 0.15) is 30.9 Å². The summed E-state index contributed by atoms with van der Waals surface area (Å²) >= 11 is 0. The van der Waals surface area contributed by atoms with Gasteiger partial charge in [-0.15, -0.1) is 0 Å². The van der Waals surface area contributed by atoms with Crippen LogP contribution in [0.3, 0.4) is 0 Å². The van der Waals surface area contributed by atoms with Gasteiger partial charge in [0.05, 0.1) is 11.4 Å². The summed E-state index contributed by atoms with van der Waals surface area (Å²) in [6.45, 7) is 0. The first kappa shape index (κ1) is 14.0. The van der Waals surface area contributed by atoms with Crippen molar-refractivity contribution in [2.75, 3.05) is 10.6 Å². The van der Waals surface area contributed by atoms with Gasteiger partial charge in [0.2, 0.25) is 17.7 Å². The van der Waals surface area contributed by atoms with Crippen LogP contribution in [0.2, 0.25) is 0 Å². The molecule has 0 aliphatic carbocycles. The van der Waals surface area contributed by atoms with Crippen LogP contribution >= 0.6 is 0 Å². The number of nitrogens with two attached hydrogens (primary N) is 2. The third kappa shape index (κ3) is 3.33. The number of benzene rings is 1. The Kier molecular flexibility index (Phi) is 3.99. The lowest BCUT2D eigenvalue weighted by atomic mass is 10.0. The maximum absolute atomic E-state index is 11.5. The summed E-state index contributed by atoms with van der Waals surface area (Å²) < 4.78 is 0. The molecule has 0 spiro atoms. The van der Waals surface area contributed by atoms with E-state index in [1.165, 1.54) is 0 Å². The molecule has 1 heterocycles. The topological polar surface area (TPSA) is 127 Å². The van der Waals surface area contributed by atoms with Crippen molar-refractivity contribution in [2.45, 2.75) is 25.3 Å². The fraction of sp³-hybridized carbons (Fsp3) is 0.308. The molecule has 106 valence electrons. The number of anilines is 2. The molecule has 1 unspecified atom stereocenters. The van der Waals surface area contributed by atoms with E-state index in [0.29, 0.717) is 17.8 Å². The second-order valence-electron chi connectivity index (χ2n) is 4.69. The second kappa shape index (κ2) is 5.70. The molecule has 0 saturated heterocycles. The molecule has 20 heavy (non-hydrogen) atoms. The van der Waals surface area contributed by atoms with Gasteiger partial charge >= 0.3 is 0 Å². The van der Waals surface area contributed by atoms with E-state index in [4.69, 9.17) is 11.5 Å². The molecule has 0 fully saturated rings. The van der Waals surface area contributed by atoms with Crippen molar-refractivity contribution < 1.29 is 14.4 Å². The molecule has 0 radical (unpaired) electrons. The zero-order valence-corrected chi connectivity index (χ0v) is 10.8. The van der Waals surface area contributed by atoms with Crippen molar-refractivity contribution in [1.82, 2.24) is 0 Å². The van der Waals surface area contributed by atoms with Gasteiger partial charge in [-0.1, -0.05) is 6.07 Å². The van der Waals surface area contributed by atoms with Crippen LogP contribution in [-0.2, 0) is 14.4 Å². The van der Waals surface area contributed by atoms with Gasteiger partial charge in [-0.2, -0.15) is 0 Å². The van der Waals surface area contributed by atoms with Crippen LogP contribution in [0.5, 0.6) is 0 Å². The molecule has 6 N–H and O–H groups in total. The molecule has 3 amide bonds. The molecule has 1 aliphatic heterocycles. The highest BCUT2D eigenvalue weighted by Gasteiger charge is 2.19. The Balaban J connectivity index is 2.20. The number of nitrogens with one attached hydrogen (secondary N) is 2. The lowest BCUT2D eigenvalue weighted by Gasteiger charge is -2.14. The number of amides is 3. The maximum atomic E-state index is 11.5. The third-order valence-electron chi connectivity index (χ3n) is 3.04. The van der Waals surface area contributed by atoms with Crippen LogP contribution < -0.4 is 22.1 Å². The highest BCUT2D eigenvalue weighted by Crippen LogP contribution is 2.28. The summed E-state index contributed by atoms with van der Waals surface area (Å²) in [6, 6.07) is 4.77. The largest absolute Gasteiger partial charge is 0.370 e. The minimum atomic E-state index is -0.407. The van der Waals surface area contributed by atoms with E-state index in [1.54, 1.807) is 18.2 Å². The summed E-state index contributed by atoms with van der Waals surface area (Å²) in [6.07, 6.45) is 0.410. The lowest BCUT2D eigenvalue weighted by Crippen LogP contribution is -2.17. The molecule has 0 bridgehead atoms. The van der Waals surface area contributed by atoms with Gasteiger partial charge in [-0.3, -0.25) is 14.4 Å². The summed E-state index contributed by atoms with van der Waals surface area (Å²) in [5, 5.41) is 5.28. The van der Waals surface area contributed by atoms with Gasteiger partial charge in [0.15, 0.2) is 0 Å². The molecule has 7 heteroatoms. The molecule has 1 aromatic carbocycles. The van der Waals surface area contributed by atoms with Gasteiger partial charge < -0.3 is 22.1 Å². The molecule has 0 saturated carbocycles. The first-order valence-corrected chi connectivity index (χ1v) is 6.23. The lowest BCUT2D eigenvalue weighted by molar-refractivity contribution is -0.123. The van der Waals surface area contributed by atoms with Crippen LogP contribution in [0, 0.1) is 0 Å². The molecular weight excluding hydrogens is 260 g/mol. The predicted molar refractivity (Wildman–Crippen MR) is 73.7 cm³/mol. The molecule has 7 nitrogen and oxygen atoms in total. The minimum absolute atomic E-state index is 0.196. The summed E-state index contributed by atoms with van der Waals surface area (Å²) in [5.74, 6) is -1.13. The van der Waals surface area contributed by atoms with Crippen LogP contribution in [-0.4, -0.2) is 17.7 Å². The fourth-order valence-electron chi connectivity index (χ4n) is 2.00. The molecule has 1 atom stereocenters. The zero-order valence-electron chi connectivity index (χ0n) is 10.8. The number of fused-ring (bicyclic) bond motifs is 1. The molecule has 1 aromatic rings. The highest BCUT2D eigenvalue weighted by molar-refractivity contribution is 6.13. The van der Waals surface area contributed by atoms with Gasteiger partial charge in [-0.25, -0.2) is 0 Å². The number of carbonyl (C=O) groups excluding carboxylic acids is 3. The van der Waals surface area contributed by atoms with Crippen molar-refractivity contribution in [1.29, 1.82) is 0 Å². The van der Waals surface area contributed by atoms with Crippen molar-refractivity contribution in [3.8, 4) is 0 Å². The highest BCUT2D eigenvalue weighted by atomic mass is 16.2. The van der Waals surface area contributed by atoms with Crippen LogP contribution in [0.15, 0.2) is 18.2 Å². The van der Waals surface area contributed by atoms with Crippen LogP contribution in [0.4, 0.5) is 11.4 Å². The number of hydrogen-bond donors (Lipinski definition) is 4. The Hall–Kier alpha value is -2.41. The van der Waals surface area contributed by atoms with Crippen molar-refractivity contribution in [3.63, 3.8) is 0 Å². The van der Waals surface area contributed by atoms with Crippen molar-refractivity contribution in [2.24, 2.45) is 11.5 Å². The normalized spacial score (nSPS) is 15.7. The van der Waals surface area contributed by atoms with E-state index in [0.717, 1.165) is 5.56 Å². The first-order valence-electron chi connectivity index (χ1n) is 6.23. The number of rotatable bonds is 4. The monoisotopic (exact) mass is 276 g/mol. The van der Waals surface area contributed by atoms with E-state index in [1.807, 2.05) is 0 Å². The number of carbonyl (C=O) groups is 3. The summed E-state index contributed by atoms with van der Waals surface area (Å²) in [5.41, 5.74) is 12.9.